The summed E-state index contributed by atoms with van der Waals surface area (Å²) in [6.45, 7) is 4.23. The molecule has 0 saturated carbocycles. The topological polar surface area (TPSA) is 86.7 Å². The molecule has 2 aromatic heterocycles. The van der Waals surface area contributed by atoms with Crippen molar-refractivity contribution in [3.05, 3.63) is 28.8 Å². The molecule has 3 heterocycles. The van der Waals surface area contributed by atoms with Gasteiger partial charge in [0.2, 0.25) is 5.76 Å². The number of carboxylic acid groups (broad SMARTS) is 1. The van der Waals surface area contributed by atoms with Gasteiger partial charge < -0.3 is 19.0 Å². The Morgan fingerprint density at radius 1 is 1.43 bits per heavy atom. The van der Waals surface area contributed by atoms with E-state index in [0.717, 1.165) is 29.0 Å². The maximum Gasteiger partial charge on any atom is 0.372 e. The van der Waals surface area contributed by atoms with Gasteiger partial charge in [-0.05, 0) is 18.9 Å². The van der Waals surface area contributed by atoms with Gasteiger partial charge >= 0.3 is 5.97 Å². The minimum atomic E-state index is -1.04. The highest BCUT2D eigenvalue weighted by Gasteiger charge is 2.30. The van der Waals surface area contributed by atoms with Crippen LogP contribution in [-0.4, -0.2) is 46.8 Å². The average molecular weight is 318 g/mol. The molecule has 1 N–H and O–H groups in total. The van der Waals surface area contributed by atoms with Crippen LogP contribution in [0.25, 0.3) is 11.3 Å². The van der Waals surface area contributed by atoms with Crippen LogP contribution in [0.2, 0.25) is 0 Å². The number of carbonyl (C=O) groups is 1. The van der Waals surface area contributed by atoms with E-state index in [0.29, 0.717) is 38.3 Å². The van der Waals surface area contributed by atoms with E-state index in [1.807, 2.05) is 10.9 Å². The largest absolute Gasteiger partial charge is 0.475 e. The number of fused-ring (bicyclic) bond motifs is 3. The molecule has 122 valence electrons. The molecule has 4 rings (SSSR count). The van der Waals surface area contributed by atoms with Crippen molar-refractivity contribution in [2.24, 2.45) is 0 Å². The predicted octanol–water partition coefficient (Wildman–Crippen LogP) is 1.66. The lowest BCUT2D eigenvalue weighted by atomic mass is 9.94. The second-order valence-corrected chi connectivity index (χ2v) is 5.95. The Bertz CT molecular complexity index is 755. The van der Waals surface area contributed by atoms with Crippen molar-refractivity contribution in [2.75, 3.05) is 19.8 Å². The van der Waals surface area contributed by atoms with Crippen molar-refractivity contribution in [1.82, 2.24) is 9.78 Å². The lowest BCUT2D eigenvalue weighted by Gasteiger charge is -2.22. The van der Waals surface area contributed by atoms with E-state index >= 15 is 0 Å². The fourth-order valence-corrected chi connectivity index (χ4v) is 3.31. The predicted molar refractivity (Wildman–Crippen MR) is 79.6 cm³/mol. The first-order valence-corrected chi connectivity index (χ1v) is 7.75. The van der Waals surface area contributed by atoms with E-state index in [9.17, 15) is 9.90 Å². The molecule has 0 radical (unpaired) electrons. The molecule has 0 unspecified atom stereocenters. The quantitative estimate of drug-likeness (QED) is 0.926. The molecule has 2 aliphatic rings. The van der Waals surface area contributed by atoms with Crippen LogP contribution in [0.1, 0.15) is 27.4 Å². The summed E-state index contributed by atoms with van der Waals surface area (Å²) in [5.41, 5.74) is 3.44. The minimum absolute atomic E-state index is 0.00426. The van der Waals surface area contributed by atoms with Crippen LogP contribution >= 0.6 is 0 Å². The maximum absolute atomic E-state index is 11.3. The van der Waals surface area contributed by atoms with Crippen molar-refractivity contribution in [3.63, 3.8) is 0 Å². The van der Waals surface area contributed by atoms with Crippen LogP contribution in [0.4, 0.5) is 0 Å². The summed E-state index contributed by atoms with van der Waals surface area (Å²) >= 11 is 0. The van der Waals surface area contributed by atoms with Gasteiger partial charge in [0.15, 0.2) is 0 Å². The van der Waals surface area contributed by atoms with E-state index in [2.05, 4.69) is 5.10 Å². The van der Waals surface area contributed by atoms with E-state index in [4.69, 9.17) is 13.9 Å². The van der Waals surface area contributed by atoms with Gasteiger partial charge in [-0.3, -0.25) is 4.68 Å². The first-order valence-electron chi connectivity index (χ1n) is 7.75. The number of aromatic carboxylic acids is 1. The van der Waals surface area contributed by atoms with Crippen LogP contribution in [0.5, 0.6) is 0 Å². The molecule has 0 amide bonds. The van der Waals surface area contributed by atoms with Crippen LogP contribution in [-0.2, 0) is 28.9 Å². The third-order valence-electron chi connectivity index (χ3n) is 4.39. The third-order valence-corrected chi connectivity index (χ3v) is 4.39. The van der Waals surface area contributed by atoms with Gasteiger partial charge in [0.25, 0.3) is 0 Å². The Hall–Kier alpha value is -2.12. The highest BCUT2D eigenvalue weighted by atomic mass is 16.6. The maximum atomic E-state index is 11.3. The van der Waals surface area contributed by atoms with Crippen molar-refractivity contribution < 1.29 is 23.8 Å². The molecule has 1 fully saturated rings. The zero-order chi connectivity index (χ0) is 16.0. The average Bonchev–Trinajstić information content (AvgIpc) is 3.08. The number of nitrogens with zero attached hydrogens (tertiary/aromatic N) is 2. The van der Waals surface area contributed by atoms with Crippen molar-refractivity contribution in [1.29, 1.82) is 0 Å². The monoisotopic (exact) mass is 318 g/mol. The molecule has 0 spiro atoms. The third kappa shape index (κ3) is 2.46. The molecule has 7 nitrogen and oxygen atoms in total. The van der Waals surface area contributed by atoms with Crippen molar-refractivity contribution in [3.8, 4) is 11.3 Å². The number of hydrogen-bond donors (Lipinski definition) is 1. The Morgan fingerprint density at radius 2 is 2.30 bits per heavy atom. The molecular formula is C16H18N2O5. The zero-order valence-corrected chi connectivity index (χ0v) is 12.9. The van der Waals surface area contributed by atoms with Gasteiger partial charge in [-0.2, -0.15) is 5.10 Å². The second kappa shape index (κ2) is 5.50. The Kier molecular flexibility index (Phi) is 3.46. The molecule has 1 aliphatic carbocycles. The van der Waals surface area contributed by atoms with Gasteiger partial charge in [0.1, 0.15) is 11.9 Å². The number of hydrogen-bond acceptors (Lipinski definition) is 5. The normalized spacial score (nSPS) is 20.1. The molecular weight excluding hydrogens is 300 g/mol. The SMILES string of the molecule is Cc1c(C(=O)O)oc2c1-c1nn(C[C@@H]3COCCO3)cc1CC2. The molecule has 23 heavy (non-hydrogen) atoms. The molecule has 7 heteroatoms. The van der Waals surface area contributed by atoms with Gasteiger partial charge in [-0.1, -0.05) is 0 Å². The molecule has 2 aromatic rings. The Labute approximate surface area is 132 Å². The fourth-order valence-electron chi connectivity index (χ4n) is 3.31. The number of aromatic nitrogens is 2. The van der Waals surface area contributed by atoms with Crippen molar-refractivity contribution in [2.45, 2.75) is 32.4 Å². The summed E-state index contributed by atoms with van der Waals surface area (Å²) in [7, 11) is 0. The lowest BCUT2D eigenvalue weighted by molar-refractivity contribution is -0.0946. The van der Waals surface area contributed by atoms with Gasteiger partial charge in [-0.15, -0.1) is 0 Å². The van der Waals surface area contributed by atoms with E-state index < -0.39 is 5.97 Å². The Morgan fingerprint density at radius 3 is 3.04 bits per heavy atom. The first kappa shape index (κ1) is 14.5. The number of carboxylic acids is 1. The van der Waals surface area contributed by atoms with Gasteiger partial charge in [-0.25, -0.2) is 4.79 Å². The second-order valence-electron chi connectivity index (χ2n) is 5.95. The fraction of sp³-hybridized carbons (Fsp3) is 0.500. The standard InChI is InChI=1S/C16H18N2O5/c1-9-13-12(23-15(9)16(19)20)3-2-10-6-18(17-14(10)13)7-11-8-21-4-5-22-11/h6,11H,2-5,7-8H2,1H3,(H,19,20)/t11-/m1/s1. The first-order chi connectivity index (χ1) is 11.1. The summed E-state index contributed by atoms with van der Waals surface area (Å²) in [4.78, 5) is 11.3. The van der Waals surface area contributed by atoms with Crippen LogP contribution < -0.4 is 0 Å². The van der Waals surface area contributed by atoms with Crippen molar-refractivity contribution >= 4 is 5.97 Å². The van der Waals surface area contributed by atoms with Gasteiger partial charge in [0, 0.05) is 23.7 Å². The molecule has 1 atom stereocenters. The Balaban J connectivity index is 1.67. The molecule has 1 aliphatic heterocycles. The highest BCUT2D eigenvalue weighted by Crippen LogP contribution is 2.38. The smallest absolute Gasteiger partial charge is 0.372 e. The van der Waals surface area contributed by atoms with Crippen LogP contribution in [0.15, 0.2) is 10.6 Å². The number of ether oxygens (including phenoxy) is 2. The van der Waals surface area contributed by atoms with Gasteiger partial charge in [0.05, 0.1) is 32.1 Å². The zero-order valence-electron chi connectivity index (χ0n) is 12.9. The molecule has 1 saturated heterocycles. The van der Waals surface area contributed by atoms with E-state index in [1.54, 1.807) is 6.92 Å². The lowest BCUT2D eigenvalue weighted by Crippen LogP contribution is -2.32. The highest BCUT2D eigenvalue weighted by molar-refractivity contribution is 5.90. The van der Waals surface area contributed by atoms with E-state index in [1.165, 1.54) is 0 Å². The molecule has 0 bridgehead atoms. The number of aryl methyl sites for hydroxylation is 2. The summed E-state index contributed by atoms with van der Waals surface area (Å²) < 4.78 is 18.5. The van der Waals surface area contributed by atoms with Crippen LogP contribution in [0.3, 0.4) is 0 Å². The number of rotatable bonds is 3. The summed E-state index contributed by atoms with van der Waals surface area (Å²) in [6, 6.07) is 0. The summed E-state index contributed by atoms with van der Waals surface area (Å²) in [5, 5.41) is 13.9. The van der Waals surface area contributed by atoms with E-state index in [-0.39, 0.29) is 11.9 Å². The number of furan rings is 1. The molecule has 0 aromatic carbocycles. The summed E-state index contributed by atoms with van der Waals surface area (Å²) in [6.07, 6.45) is 3.52. The minimum Gasteiger partial charge on any atom is -0.475 e. The van der Waals surface area contributed by atoms with Crippen LogP contribution in [0, 0.1) is 6.92 Å². The summed E-state index contributed by atoms with van der Waals surface area (Å²) in [5.74, 6) is -0.304.